The minimum atomic E-state index is 0.170. The van der Waals surface area contributed by atoms with Crippen LogP contribution < -0.4 is 5.73 Å². The second kappa shape index (κ2) is 7.48. The Morgan fingerprint density at radius 2 is 2.00 bits per heavy atom. The number of nitrogens with zero attached hydrogens (tertiary/aromatic N) is 1. The topological polar surface area (TPSA) is 29.3 Å². The van der Waals surface area contributed by atoms with Crippen LogP contribution in [0.25, 0.3) is 0 Å². The molecule has 3 heteroatoms. The summed E-state index contributed by atoms with van der Waals surface area (Å²) in [5.74, 6) is 1.28. The Hall–Kier alpha value is -0.510. The van der Waals surface area contributed by atoms with Gasteiger partial charge in [0.05, 0.1) is 0 Å². The van der Waals surface area contributed by atoms with Crippen molar-refractivity contribution in [1.29, 1.82) is 0 Å². The summed E-state index contributed by atoms with van der Waals surface area (Å²) in [7, 11) is 0. The molecule has 2 N–H and O–H groups in total. The minimum Gasteiger partial charge on any atom is -0.324 e. The van der Waals surface area contributed by atoms with E-state index in [-0.39, 0.29) is 6.04 Å². The largest absolute Gasteiger partial charge is 0.324 e. The summed E-state index contributed by atoms with van der Waals surface area (Å²) in [6, 6.07) is 6.85. The molecule has 1 aromatic carbocycles. The number of nitrogens with two attached hydrogens (primary N) is 1. The number of rotatable bonds is 5. The fourth-order valence-electron chi connectivity index (χ4n) is 2.94. The zero-order valence-corrected chi connectivity index (χ0v) is 13.9. The standard InChI is InChI=1S/C17H28N2S/c1-4-16-12-19(7-8-20-16)6-5-17(18)15-10-13(2)9-14(3)11-15/h9-11,16-17H,4-8,12,18H2,1-3H3. The molecule has 112 valence electrons. The molecule has 2 unspecified atom stereocenters. The summed E-state index contributed by atoms with van der Waals surface area (Å²) in [4.78, 5) is 2.59. The van der Waals surface area contributed by atoms with Gasteiger partial charge in [0, 0.05) is 36.7 Å². The summed E-state index contributed by atoms with van der Waals surface area (Å²) in [6.07, 6.45) is 2.34. The molecule has 0 amide bonds. The zero-order chi connectivity index (χ0) is 14.5. The molecule has 1 fully saturated rings. The third kappa shape index (κ3) is 4.51. The van der Waals surface area contributed by atoms with Crippen molar-refractivity contribution in [2.75, 3.05) is 25.4 Å². The van der Waals surface area contributed by atoms with E-state index >= 15 is 0 Å². The fraction of sp³-hybridized carbons (Fsp3) is 0.647. The second-order valence-electron chi connectivity index (χ2n) is 6.02. The van der Waals surface area contributed by atoms with E-state index in [0.717, 1.165) is 18.2 Å². The van der Waals surface area contributed by atoms with Gasteiger partial charge >= 0.3 is 0 Å². The molecule has 1 aliphatic heterocycles. The van der Waals surface area contributed by atoms with Crippen LogP contribution in [-0.2, 0) is 0 Å². The highest BCUT2D eigenvalue weighted by molar-refractivity contribution is 8.00. The second-order valence-corrected chi connectivity index (χ2v) is 7.43. The number of hydrogen-bond donors (Lipinski definition) is 1. The highest BCUT2D eigenvalue weighted by atomic mass is 32.2. The average molecular weight is 292 g/mol. The van der Waals surface area contributed by atoms with E-state index in [1.807, 2.05) is 0 Å². The smallest absolute Gasteiger partial charge is 0.0307 e. The van der Waals surface area contributed by atoms with Gasteiger partial charge in [-0.15, -0.1) is 0 Å². The van der Waals surface area contributed by atoms with Crippen molar-refractivity contribution in [3.05, 3.63) is 34.9 Å². The first kappa shape index (κ1) is 15.9. The summed E-state index contributed by atoms with van der Waals surface area (Å²) in [5, 5.41) is 0.821. The van der Waals surface area contributed by atoms with E-state index in [9.17, 15) is 0 Å². The van der Waals surface area contributed by atoms with Gasteiger partial charge in [-0.25, -0.2) is 0 Å². The summed E-state index contributed by atoms with van der Waals surface area (Å²) in [6.45, 7) is 10.2. The van der Waals surface area contributed by atoms with Crippen molar-refractivity contribution < 1.29 is 0 Å². The number of benzene rings is 1. The van der Waals surface area contributed by atoms with E-state index < -0.39 is 0 Å². The van der Waals surface area contributed by atoms with Gasteiger partial charge in [0.1, 0.15) is 0 Å². The molecule has 2 rings (SSSR count). The Balaban J connectivity index is 1.86. The normalized spacial score (nSPS) is 21.9. The lowest BCUT2D eigenvalue weighted by Gasteiger charge is -2.32. The van der Waals surface area contributed by atoms with Crippen molar-refractivity contribution in [2.45, 2.75) is 44.9 Å². The Morgan fingerprint density at radius 1 is 1.30 bits per heavy atom. The van der Waals surface area contributed by atoms with Gasteiger partial charge in [-0.2, -0.15) is 11.8 Å². The molecule has 2 atom stereocenters. The lowest BCUT2D eigenvalue weighted by molar-refractivity contribution is 0.270. The molecular weight excluding hydrogens is 264 g/mol. The van der Waals surface area contributed by atoms with Gasteiger partial charge in [-0.1, -0.05) is 36.2 Å². The molecule has 2 nitrogen and oxygen atoms in total. The van der Waals surface area contributed by atoms with Crippen LogP contribution in [0.15, 0.2) is 18.2 Å². The fourth-order valence-corrected chi connectivity index (χ4v) is 4.19. The molecule has 0 aromatic heterocycles. The zero-order valence-electron chi connectivity index (χ0n) is 13.1. The van der Waals surface area contributed by atoms with Crippen LogP contribution in [0.5, 0.6) is 0 Å². The molecule has 20 heavy (non-hydrogen) atoms. The molecule has 1 heterocycles. The first-order chi connectivity index (χ1) is 9.58. The Labute approximate surface area is 128 Å². The first-order valence-corrected chi connectivity index (χ1v) is 8.81. The summed E-state index contributed by atoms with van der Waals surface area (Å²) in [5.41, 5.74) is 10.3. The van der Waals surface area contributed by atoms with Crippen molar-refractivity contribution in [1.82, 2.24) is 4.90 Å². The lowest BCUT2D eigenvalue weighted by atomic mass is 9.99. The monoisotopic (exact) mass is 292 g/mol. The van der Waals surface area contributed by atoms with Gasteiger partial charge in [-0.05, 0) is 32.3 Å². The van der Waals surface area contributed by atoms with Crippen molar-refractivity contribution in [3.8, 4) is 0 Å². The van der Waals surface area contributed by atoms with E-state index in [4.69, 9.17) is 5.73 Å². The van der Waals surface area contributed by atoms with Gasteiger partial charge < -0.3 is 10.6 Å². The quantitative estimate of drug-likeness (QED) is 0.900. The average Bonchev–Trinajstić information content (AvgIpc) is 2.44. The van der Waals surface area contributed by atoms with Crippen molar-refractivity contribution >= 4 is 11.8 Å². The van der Waals surface area contributed by atoms with E-state index in [1.165, 1.54) is 42.0 Å². The maximum absolute atomic E-state index is 6.39. The molecule has 0 spiro atoms. The molecule has 0 aliphatic carbocycles. The van der Waals surface area contributed by atoms with Crippen molar-refractivity contribution in [2.24, 2.45) is 5.73 Å². The van der Waals surface area contributed by atoms with Crippen LogP contribution in [0.2, 0.25) is 0 Å². The Morgan fingerprint density at radius 3 is 2.65 bits per heavy atom. The molecule has 0 bridgehead atoms. The summed E-state index contributed by atoms with van der Waals surface area (Å²) >= 11 is 2.13. The van der Waals surface area contributed by atoms with Crippen LogP contribution in [0.4, 0.5) is 0 Å². The van der Waals surface area contributed by atoms with E-state index in [2.05, 4.69) is 55.6 Å². The number of hydrogen-bond acceptors (Lipinski definition) is 3. The molecule has 1 saturated heterocycles. The molecule has 0 saturated carbocycles. The highest BCUT2D eigenvalue weighted by Crippen LogP contribution is 2.23. The van der Waals surface area contributed by atoms with E-state index in [0.29, 0.717) is 0 Å². The molecule has 1 aliphatic rings. The van der Waals surface area contributed by atoms with Gasteiger partial charge in [0.2, 0.25) is 0 Å². The Kier molecular flexibility index (Phi) is 5.94. The van der Waals surface area contributed by atoms with E-state index in [1.54, 1.807) is 0 Å². The SMILES string of the molecule is CCC1CN(CCC(N)c2cc(C)cc(C)c2)CCS1. The Bertz CT molecular complexity index is 413. The first-order valence-electron chi connectivity index (χ1n) is 7.76. The van der Waals surface area contributed by atoms with Gasteiger partial charge in [-0.3, -0.25) is 0 Å². The van der Waals surface area contributed by atoms with Crippen LogP contribution in [0, 0.1) is 13.8 Å². The molecule has 0 radical (unpaired) electrons. The third-order valence-corrected chi connectivity index (χ3v) is 5.48. The lowest BCUT2D eigenvalue weighted by Crippen LogP contribution is -2.39. The van der Waals surface area contributed by atoms with Crippen LogP contribution in [0.3, 0.4) is 0 Å². The van der Waals surface area contributed by atoms with Crippen molar-refractivity contribution in [3.63, 3.8) is 0 Å². The van der Waals surface area contributed by atoms with Crippen LogP contribution >= 0.6 is 11.8 Å². The minimum absolute atomic E-state index is 0.170. The van der Waals surface area contributed by atoms with Gasteiger partial charge in [0.25, 0.3) is 0 Å². The summed E-state index contributed by atoms with van der Waals surface area (Å²) < 4.78 is 0. The number of aryl methyl sites for hydroxylation is 2. The molecular formula is C17H28N2S. The van der Waals surface area contributed by atoms with Gasteiger partial charge in [0.15, 0.2) is 0 Å². The maximum atomic E-state index is 6.39. The third-order valence-electron chi connectivity index (χ3n) is 4.11. The van der Waals surface area contributed by atoms with Crippen LogP contribution in [0.1, 0.15) is 42.5 Å². The molecule has 1 aromatic rings. The predicted molar refractivity (Wildman–Crippen MR) is 90.4 cm³/mol. The predicted octanol–water partition coefficient (Wildman–Crippen LogP) is 3.52. The maximum Gasteiger partial charge on any atom is 0.0307 e. The van der Waals surface area contributed by atoms with Crippen LogP contribution in [-0.4, -0.2) is 35.5 Å². The number of thioether (sulfide) groups is 1. The highest BCUT2D eigenvalue weighted by Gasteiger charge is 2.19.